The first-order chi connectivity index (χ1) is 5.92. The van der Waals surface area contributed by atoms with E-state index in [2.05, 4.69) is 22.4 Å². The first-order valence-corrected chi connectivity index (χ1v) is 5.21. The van der Waals surface area contributed by atoms with Crippen LogP contribution in [-0.4, -0.2) is 24.3 Å². The van der Waals surface area contributed by atoms with Crippen LogP contribution in [0.2, 0.25) is 0 Å². The van der Waals surface area contributed by atoms with Crippen LogP contribution in [0.5, 0.6) is 0 Å². The normalized spacial score (nSPS) is 23.4. The Morgan fingerprint density at radius 1 is 1.67 bits per heavy atom. The molecule has 1 fully saturated rings. The molecule has 1 N–H and O–H groups in total. The SMILES string of the molecule is OCC1CCCN1c1cccs1. The van der Waals surface area contributed by atoms with Crippen molar-refractivity contribution in [3.05, 3.63) is 17.5 Å². The van der Waals surface area contributed by atoms with Crippen molar-refractivity contribution in [3.63, 3.8) is 0 Å². The number of anilines is 1. The van der Waals surface area contributed by atoms with Gasteiger partial charge in [0, 0.05) is 6.54 Å². The van der Waals surface area contributed by atoms with Gasteiger partial charge < -0.3 is 10.0 Å². The maximum absolute atomic E-state index is 9.10. The van der Waals surface area contributed by atoms with Gasteiger partial charge in [-0.3, -0.25) is 0 Å². The summed E-state index contributed by atoms with van der Waals surface area (Å²) < 4.78 is 0. The summed E-state index contributed by atoms with van der Waals surface area (Å²) in [4.78, 5) is 2.31. The summed E-state index contributed by atoms with van der Waals surface area (Å²) >= 11 is 1.75. The van der Waals surface area contributed by atoms with E-state index in [1.807, 2.05) is 0 Å². The highest BCUT2D eigenvalue weighted by atomic mass is 32.1. The lowest BCUT2D eigenvalue weighted by Crippen LogP contribution is -2.31. The van der Waals surface area contributed by atoms with Gasteiger partial charge >= 0.3 is 0 Å². The lowest BCUT2D eigenvalue weighted by Gasteiger charge is -2.22. The van der Waals surface area contributed by atoms with Crippen LogP contribution in [0, 0.1) is 0 Å². The maximum Gasteiger partial charge on any atom is 0.0911 e. The van der Waals surface area contributed by atoms with E-state index >= 15 is 0 Å². The van der Waals surface area contributed by atoms with Crippen LogP contribution in [0.25, 0.3) is 0 Å². The third-order valence-corrected chi connectivity index (χ3v) is 3.28. The molecule has 0 spiro atoms. The highest BCUT2D eigenvalue weighted by molar-refractivity contribution is 7.14. The van der Waals surface area contributed by atoms with Crippen LogP contribution in [0.1, 0.15) is 12.8 Å². The molecule has 0 saturated carbocycles. The molecule has 1 aliphatic rings. The molecule has 12 heavy (non-hydrogen) atoms. The summed E-state index contributed by atoms with van der Waals surface area (Å²) in [6.07, 6.45) is 2.34. The van der Waals surface area contributed by atoms with E-state index < -0.39 is 0 Å². The van der Waals surface area contributed by atoms with Crippen molar-refractivity contribution in [1.82, 2.24) is 0 Å². The number of thiophene rings is 1. The van der Waals surface area contributed by atoms with Gasteiger partial charge in [-0.25, -0.2) is 0 Å². The summed E-state index contributed by atoms with van der Waals surface area (Å²) in [5, 5.41) is 12.5. The van der Waals surface area contributed by atoms with Crippen LogP contribution in [-0.2, 0) is 0 Å². The van der Waals surface area contributed by atoms with Gasteiger partial charge in [0.1, 0.15) is 0 Å². The van der Waals surface area contributed by atoms with Crippen molar-refractivity contribution in [2.24, 2.45) is 0 Å². The molecule has 0 aromatic carbocycles. The van der Waals surface area contributed by atoms with Gasteiger partial charge in [-0.05, 0) is 30.4 Å². The number of aliphatic hydroxyl groups is 1. The summed E-state index contributed by atoms with van der Waals surface area (Å²) in [7, 11) is 0. The van der Waals surface area contributed by atoms with Crippen molar-refractivity contribution in [1.29, 1.82) is 0 Å². The van der Waals surface area contributed by atoms with Gasteiger partial charge in [0.2, 0.25) is 0 Å². The van der Waals surface area contributed by atoms with Crippen LogP contribution >= 0.6 is 11.3 Å². The van der Waals surface area contributed by atoms with E-state index in [1.165, 1.54) is 11.4 Å². The lowest BCUT2D eigenvalue weighted by molar-refractivity contribution is 0.266. The lowest BCUT2D eigenvalue weighted by atomic mass is 10.2. The quantitative estimate of drug-likeness (QED) is 0.754. The van der Waals surface area contributed by atoms with Gasteiger partial charge in [0.15, 0.2) is 0 Å². The number of nitrogens with zero attached hydrogens (tertiary/aromatic N) is 1. The van der Waals surface area contributed by atoms with Crippen LogP contribution < -0.4 is 4.90 Å². The zero-order valence-electron chi connectivity index (χ0n) is 6.94. The van der Waals surface area contributed by atoms with Gasteiger partial charge in [0.05, 0.1) is 17.6 Å². The molecule has 2 heterocycles. The highest BCUT2D eigenvalue weighted by Gasteiger charge is 2.23. The fourth-order valence-electron chi connectivity index (χ4n) is 1.75. The Balaban J connectivity index is 2.13. The van der Waals surface area contributed by atoms with Gasteiger partial charge in [-0.1, -0.05) is 0 Å². The highest BCUT2D eigenvalue weighted by Crippen LogP contribution is 2.28. The Morgan fingerprint density at radius 2 is 2.58 bits per heavy atom. The van der Waals surface area contributed by atoms with Crippen LogP contribution in [0.4, 0.5) is 5.00 Å². The van der Waals surface area contributed by atoms with Gasteiger partial charge in [-0.15, -0.1) is 11.3 Å². The fourth-order valence-corrected chi connectivity index (χ4v) is 2.58. The van der Waals surface area contributed by atoms with Crippen LogP contribution in [0.15, 0.2) is 17.5 Å². The average Bonchev–Trinajstić information content (AvgIpc) is 2.74. The summed E-state index contributed by atoms with van der Waals surface area (Å²) in [6, 6.07) is 4.55. The van der Waals surface area contributed by atoms with E-state index in [0.29, 0.717) is 6.04 Å². The zero-order chi connectivity index (χ0) is 8.39. The molecule has 1 unspecified atom stereocenters. The Bertz CT molecular complexity index is 235. The Kier molecular flexibility index (Phi) is 2.33. The molecule has 3 heteroatoms. The second kappa shape index (κ2) is 3.46. The average molecular weight is 183 g/mol. The fraction of sp³-hybridized carbons (Fsp3) is 0.556. The molecule has 0 bridgehead atoms. The van der Waals surface area contributed by atoms with Crippen molar-refractivity contribution < 1.29 is 5.11 Å². The molecular weight excluding hydrogens is 170 g/mol. The molecule has 1 saturated heterocycles. The number of rotatable bonds is 2. The van der Waals surface area contributed by atoms with E-state index in [0.717, 1.165) is 13.0 Å². The minimum absolute atomic E-state index is 0.290. The summed E-state index contributed by atoms with van der Waals surface area (Å²) in [6.45, 7) is 1.39. The molecule has 1 aromatic rings. The van der Waals surface area contributed by atoms with Crippen molar-refractivity contribution in [2.75, 3.05) is 18.1 Å². The zero-order valence-corrected chi connectivity index (χ0v) is 7.76. The molecule has 66 valence electrons. The van der Waals surface area contributed by atoms with E-state index in [-0.39, 0.29) is 6.61 Å². The molecule has 1 aromatic heterocycles. The third-order valence-electron chi connectivity index (χ3n) is 2.38. The summed E-state index contributed by atoms with van der Waals surface area (Å²) in [5.74, 6) is 0. The number of hydrogen-bond acceptors (Lipinski definition) is 3. The monoisotopic (exact) mass is 183 g/mol. The molecule has 1 atom stereocenters. The van der Waals surface area contributed by atoms with E-state index in [1.54, 1.807) is 11.3 Å². The molecule has 2 nitrogen and oxygen atoms in total. The van der Waals surface area contributed by atoms with Crippen molar-refractivity contribution in [3.8, 4) is 0 Å². The maximum atomic E-state index is 9.10. The standard InChI is InChI=1S/C9H13NOS/c11-7-8-3-1-5-10(8)9-4-2-6-12-9/h2,4,6,8,11H,1,3,5,7H2. The first kappa shape index (κ1) is 8.08. The largest absolute Gasteiger partial charge is 0.394 e. The van der Waals surface area contributed by atoms with E-state index in [4.69, 9.17) is 5.11 Å². The van der Waals surface area contributed by atoms with Crippen molar-refractivity contribution >= 4 is 16.3 Å². The third kappa shape index (κ3) is 1.34. The summed E-state index contributed by atoms with van der Waals surface area (Å²) in [5.41, 5.74) is 0. The second-order valence-electron chi connectivity index (χ2n) is 3.12. The molecule has 1 aliphatic heterocycles. The number of hydrogen-bond donors (Lipinski definition) is 1. The molecule has 0 amide bonds. The Morgan fingerprint density at radius 3 is 3.25 bits per heavy atom. The van der Waals surface area contributed by atoms with E-state index in [9.17, 15) is 0 Å². The Hall–Kier alpha value is -0.540. The molecular formula is C9H13NOS. The molecule has 0 radical (unpaired) electrons. The molecule has 0 aliphatic carbocycles. The minimum Gasteiger partial charge on any atom is -0.394 e. The number of aliphatic hydroxyl groups excluding tert-OH is 1. The van der Waals surface area contributed by atoms with Crippen molar-refractivity contribution in [2.45, 2.75) is 18.9 Å². The van der Waals surface area contributed by atoms with Gasteiger partial charge in [-0.2, -0.15) is 0 Å². The predicted octanol–water partition coefficient (Wildman–Crippen LogP) is 1.71. The molecule has 2 rings (SSSR count). The second-order valence-corrected chi connectivity index (χ2v) is 4.05. The smallest absolute Gasteiger partial charge is 0.0911 e. The topological polar surface area (TPSA) is 23.5 Å². The van der Waals surface area contributed by atoms with Crippen LogP contribution in [0.3, 0.4) is 0 Å². The van der Waals surface area contributed by atoms with Gasteiger partial charge in [0.25, 0.3) is 0 Å². The minimum atomic E-state index is 0.290. The first-order valence-electron chi connectivity index (χ1n) is 4.33. The Labute approximate surface area is 76.4 Å². The predicted molar refractivity (Wildman–Crippen MR) is 51.8 cm³/mol.